The average molecular weight is 254 g/mol. The van der Waals surface area contributed by atoms with Crippen LogP contribution in [-0.4, -0.2) is 24.1 Å². The summed E-state index contributed by atoms with van der Waals surface area (Å²) in [4.78, 5) is 9.87. The van der Waals surface area contributed by atoms with Gasteiger partial charge in [-0.1, -0.05) is 12.1 Å². The molecule has 0 bridgehead atoms. The fourth-order valence-corrected chi connectivity index (χ4v) is 1.73. The Hall–Kier alpha value is -2.81. The number of nitriles is 1. The summed E-state index contributed by atoms with van der Waals surface area (Å²) < 4.78 is 0. The fourth-order valence-electron chi connectivity index (χ4n) is 1.73. The summed E-state index contributed by atoms with van der Waals surface area (Å²) in [5.74, 6) is 0.157. The van der Waals surface area contributed by atoms with Gasteiger partial charge in [0, 0.05) is 25.3 Å². The van der Waals surface area contributed by atoms with Crippen molar-refractivity contribution in [3.8, 4) is 17.3 Å². The highest BCUT2D eigenvalue weighted by molar-refractivity contribution is 5.74. The van der Waals surface area contributed by atoms with Gasteiger partial charge in [0.25, 0.3) is 0 Å². The van der Waals surface area contributed by atoms with Crippen molar-refractivity contribution in [1.29, 1.82) is 5.26 Å². The maximum absolute atomic E-state index is 9.14. The Morgan fingerprint density at radius 3 is 2.26 bits per heavy atom. The first kappa shape index (κ1) is 12.6. The van der Waals surface area contributed by atoms with Crippen molar-refractivity contribution in [1.82, 2.24) is 9.97 Å². The normalized spacial score (nSPS) is 9.95. The first-order valence-electron chi connectivity index (χ1n) is 5.63. The van der Waals surface area contributed by atoms with Gasteiger partial charge in [0.1, 0.15) is 17.5 Å². The topological polar surface area (TPSA) is 105 Å². The van der Waals surface area contributed by atoms with Crippen LogP contribution in [0, 0.1) is 11.3 Å². The molecule has 0 fully saturated rings. The number of hydrogen-bond donors (Lipinski definition) is 2. The van der Waals surface area contributed by atoms with Gasteiger partial charge in [-0.3, -0.25) is 0 Å². The van der Waals surface area contributed by atoms with E-state index in [9.17, 15) is 0 Å². The molecule has 0 aliphatic rings. The van der Waals surface area contributed by atoms with Crippen molar-refractivity contribution in [2.24, 2.45) is 0 Å². The number of aromatic nitrogens is 2. The lowest BCUT2D eigenvalue weighted by molar-refractivity contribution is 1.13. The Bertz CT molecular complexity index is 639. The molecule has 1 heterocycles. The van der Waals surface area contributed by atoms with E-state index in [4.69, 9.17) is 16.7 Å². The second-order valence-electron chi connectivity index (χ2n) is 4.24. The molecule has 6 nitrogen and oxygen atoms in total. The first-order valence-corrected chi connectivity index (χ1v) is 5.63. The fraction of sp³-hybridized carbons (Fsp3) is 0.154. The molecule has 0 saturated carbocycles. The number of benzene rings is 1. The Kier molecular flexibility index (Phi) is 3.21. The van der Waals surface area contributed by atoms with Crippen LogP contribution < -0.4 is 16.4 Å². The molecule has 0 spiro atoms. The van der Waals surface area contributed by atoms with E-state index in [1.165, 1.54) is 0 Å². The van der Waals surface area contributed by atoms with Crippen LogP contribution in [0.2, 0.25) is 0 Å². The number of nitrogens with zero attached hydrogens (tertiary/aromatic N) is 4. The van der Waals surface area contributed by atoms with Gasteiger partial charge in [0.15, 0.2) is 0 Å². The molecule has 0 amide bonds. The van der Waals surface area contributed by atoms with Gasteiger partial charge in [-0.2, -0.15) is 10.2 Å². The van der Waals surface area contributed by atoms with Gasteiger partial charge in [-0.05, 0) is 12.1 Å². The highest BCUT2D eigenvalue weighted by Gasteiger charge is 2.13. The van der Waals surface area contributed by atoms with E-state index in [1.807, 2.05) is 49.3 Å². The van der Waals surface area contributed by atoms with Crippen LogP contribution in [0.1, 0.15) is 5.56 Å². The highest BCUT2D eigenvalue weighted by Crippen LogP contribution is 2.26. The zero-order valence-corrected chi connectivity index (χ0v) is 10.8. The molecule has 0 aliphatic heterocycles. The third kappa shape index (κ3) is 2.40. The molecule has 1 aromatic carbocycles. The quantitative estimate of drug-likeness (QED) is 0.835. The average Bonchev–Trinajstić information content (AvgIpc) is 2.38. The second kappa shape index (κ2) is 4.82. The van der Waals surface area contributed by atoms with E-state index in [1.54, 1.807) is 0 Å². The molecule has 96 valence electrons. The number of nitrogens with two attached hydrogens (primary N) is 2. The third-order valence-corrected chi connectivity index (χ3v) is 2.72. The summed E-state index contributed by atoms with van der Waals surface area (Å²) in [6.07, 6.45) is 0. The van der Waals surface area contributed by atoms with E-state index >= 15 is 0 Å². The Labute approximate surface area is 111 Å². The van der Waals surface area contributed by atoms with Crippen LogP contribution in [-0.2, 0) is 0 Å². The number of rotatable bonds is 2. The third-order valence-electron chi connectivity index (χ3n) is 2.72. The molecule has 0 saturated heterocycles. The van der Waals surface area contributed by atoms with Gasteiger partial charge < -0.3 is 16.4 Å². The summed E-state index contributed by atoms with van der Waals surface area (Å²) >= 11 is 0. The Balaban J connectivity index is 2.56. The molecule has 0 radical (unpaired) electrons. The number of nitrogen functional groups attached to an aromatic ring is 2. The first-order chi connectivity index (χ1) is 9.02. The largest absolute Gasteiger partial charge is 0.382 e. The zero-order chi connectivity index (χ0) is 14.0. The van der Waals surface area contributed by atoms with Crippen LogP contribution in [0.3, 0.4) is 0 Å². The van der Waals surface area contributed by atoms with Crippen molar-refractivity contribution in [3.05, 3.63) is 29.8 Å². The summed E-state index contributed by atoms with van der Waals surface area (Å²) in [5.41, 5.74) is 13.8. The van der Waals surface area contributed by atoms with Crippen molar-refractivity contribution >= 4 is 17.5 Å². The van der Waals surface area contributed by atoms with Crippen LogP contribution in [0.5, 0.6) is 0 Å². The second-order valence-corrected chi connectivity index (χ2v) is 4.24. The van der Waals surface area contributed by atoms with Crippen LogP contribution >= 0.6 is 0 Å². The minimum atomic E-state index is 0.0585. The summed E-state index contributed by atoms with van der Waals surface area (Å²) in [7, 11) is 3.91. The molecule has 1 aromatic heterocycles. The van der Waals surface area contributed by atoms with Gasteiger partial charge >= 0.3 is 0 Å². The van der Waals surface area contributed by atoms with E-state index in [0.717, 1.165) is 11.3 Å². The maximum atomic E-state index is 9.14. The van der Waals surface area contributed by atoms with Gasteiger partial charge in [0.05, 0.1) is 5.69 Å². The van der Waals surface area contributed by atoms with Crippen molar-refractivity contribution in [2.45, 2.75) is 0 Å². The molecule has 0 atom stereocenters. The Morgan fingerprint density at radius 2 is 1.74 bits per heavy atom. The molecule has 0 aliphatic carbocycles. The molecule has 0 unspecified atom stereocenters. The van der Waals surface area contributed by atoms with Crippen LogP contribution in [0.25, 0.3) is 11.3 Å². The monoisotopic (exact) mass is 254 g/mol. The van der Waals surface area contributed by atoms with Crippen molar-refractivity contribution < 1.29 is 0 Å². The lowest BCUT2D eigenvalue weighted by Crippen LogP contribution is -2.08. The molecule has 19 heavy (non-hydrogen) atoms. The lowest BCUT2D eigenvalue weighted by atomic mass is 10.1. The number of hydrogen-bond acceptors (Lipinski definition) is 6. The molecule has 4 N–H and O–H groups in total. The van der Waals surface area contributed by atoms with Crippen LogP contribution in [0.15, 0.2) is 24.3 Å². The van der Waals surface area contributed by atoms with Crippen LogP contribution in [0.4, 0.5) is 17.5 Å². The SMILES string of the molecule is CN(C)c1ccc(-c2nc(N)nc(N)c2C#N)cc1. The van der Waals surface area contributed by atoms with Crippen molar-refractivity contribution in [3.63, 3.8) is 0 Å². The molecular weight excluding hydrogens is 240 g/mol. The number of anilines is 3. The van der Waals surface area contributed by atoms with Crippen molar-refractivity contribution in [2.75, 3.05) is 30.5 Å². The minimum Gasteiger partial charge on any atom is -0.382 e. The molecular formula is C13H14N6. The van der Waals surface area contributed by atoms with Gasteiger partial charge in [0.2, 0.25) is 5.95 Å². The summed E-state index contributed by atoms with van der Waals surface area (Å²) in [6.45, 7) is 0. The minimum absolute atomic E-state index is 0.0585. The predicted octanol–water partition coefficient (Wildman–Crippen LogP) is 1.25. The molecule has 6 heteroatoms. The summed E-state index contributed by atoms with van der Waals surface area (Å²) in [5, 5.41) is 9.14. The van der Waals surface area contributed by atoms with E-state index in [2.05, 4.69) is 9.97 Å². The maximum Gasteiger partial charge on any atom is 0.222 e. The van der Waals surface area contributed by atoms with E-state index < -0.39 is 0 Å². The van der Waals surface area contributed by atoms with Gasteiger partial charge in [-0.25, -0.2) is 4.98 Å². The predicted molar refractivity (Wildman–Crippen MR) is 75.3 cm³/mol. The van der Waals surface area contributed by atoms with Gasteiger partial charge in [-0.15, -0.1) is 0 Å². The highest BCUT2D eigenvalue weighted by atomic mass is 15.1. The zero-order valence-electron chi connectivity index (χ0n) is 10.8. The smallest absolute Gasteiger partial charge is 0.222 e. The Morgan fingerprint density at radius 1 is 1.11 bits per heavy atom. The molecule has 2 aromatic rings. The molecule has 2 rings (SSSR count). The van der Waals surface area contributed by atoms with E-state index in [0.29, 0.717) is 5.69 Å². The standard InChI is InChI=1S/C13H14N6/c1-19(2)9-5-3-8(4-6-9)11-10(7-14)12(15)18-13(16)17-11/h3-6H,1-2H3,(H4,15,16,17,18). The lowest BCUT2D eigenvalue weighted by Gasteiger charge is -2.13. The van der Waals surface area contributed by atoms with E-state index in [-0.39, 0.29) is 17.3 Å². The summed E-state index contributed by atoms with van der Waals surface area (Å²) in [6, 6.07) is 9.63.